The molecule has 2 unspecified atom stereocenters. The van der Waals surface area contributed by atoms with Gasteiger partial charge in [0.05, 0.1) is 25.0 Å². The molecule has 0 saturated carbocycles. The maximum atomic E-state index is 13.8. The number of Topliss-reactive ketones (excluding diaryl/α,β-unsaturated/α-hetero) is 1. The molecule has 0 N–H and O–H groups in total. The van der Waals surface area contributed by atoms with Crippen molar-refractivity contribution in [1.82, 2.24) is 4.90 Å². The Morgan fingerprint density at radius 2 is 1.75 bits per heavy atom. The minimum absolute atomic E-state index is 0.153. The Morgan fingerprint density at radius 3 is 2.44 bits per heavy atom. The van der Waals surface area contributed by atoms with E-state index in [0.717, 1.165) is 16.8 Å². The molecule has 2 amide bonds. The lowest BCUT2D eigenvalue weighted by Gasteiger charge is -2.38. The van der Waals surface area contributed by atoms with E-state index in [4.69, 9.17) is 4.74 Å². The summed E-state index contributed by atoms with van der Waals surface area (Å²) in [5.41, 5.74) is 3.43. The number of methoxy groups -OCH3 is 1. The van der Waals surface area contributed by atoms with E-state index in [0.29, 0.717) is 11.3 Å². The number of nitrogens with zero attached hydrogens (tertiary/aromatic N) is 2. The number of benzene rings is 2. The van der Waals surface area contributed by atoms with Crippen LogP contribution in [0.5, 0.6) is 5.75 Å². The van der Waals surface area contributed by atoms with E-state index in [1.165, 1.54) is 4.90 Å². The lowest BCUT2D eigenvalue weighted by molar-refractivity contribution is -0.139. The van der Waals surface area contributed by atoms with Gasteiger partial charge < -0.3 is 9.64 Å². The van der Waals surface area contributed by atoms with Crippen LogP contribution in [0.3, 0.4) is 0 Å². The average molecular weight is 428 g/mol. The van der Waals surface area contributed by atoms with E-state index < -0.39 is 17.9 Å². The van der Waals surface area contributed by atoms with Gasteiger partial charge in [0, 0.05) is 23.4 Å². The molecule has 32 heavy (non-hydrogen) atoms. The second kappa shape index (κ2) is 7.48. The summed E-state index contributed by atoms with van der Waals surface area (Å²) in [6.45, 7) is 5.84. The van der Waals surface area contributed by atoms with Gasteiger partial charge in [-0.3, -0.25) is 19.3 Å². The Labute approximate surface area is 186 Å². The largest absolute Gasteiger partial charge is 0.497 e. The molecule has 6 heteroatoms. The zero-order valence-electron chi connectivity index (χ0n) is 18.0. The van der Waals surface area contributed by atoms with Crippen molar-refractivity contribution in [1.29, 1.82) is 0 Å². The van der Waals surface area contributed by atoms with Gasteiger partial charge in [-0.15, -0.1) is 6.58 Å². The van der Waals surface area contributed by atoms with Crippen molar-refractivity contribution < 1.29 is 19.1 Å². The van der Waals surface area contributed by atoms with E-state index in [1.54, 1.807) is 37.5 Å². The van der Waals surface area contributed by atoms with Gasteiger partial charge in [0.1, 0.15) is 11.8 Å². The molecular formula is C26H24N2O4. The van der Waals surface area contributed by atoms with Crippen molar-refractivity contribution >= 4 is 28.9 Å². The lowest BCUT2D eigenvalue weighted by atomic mass is 9.85. The van der Waals surface area contributed by atoms with Crippen molar-refractivity contribution in [3.8, 4) is 5.75 Å². The van der Waals surface area contributed by atoms with Gasteiger partial charge in [-0.1, -0.05) is 30.4 Å². The summed E-state index contributed by atoms with van der Waals surface area (Å²) in [7, 11) is 1.57. The minimum Gasteiger partial charge on any atom is -0.497 e. The van der Waals surface area contributed by atoms with E-state index >= 15 is 0 Å². The Bertz CT molecular complexity index is 1170. The minimum atomic E-state index is -0.768. The predicted octanol–water partition coefficient (Wildman–Crippen LogP) is 3.34. The first-order valence-electron chi connectivity index (χ1n) is 10.7. The van der Waals surface area contributed by atoms with Crippen LogP contribution in [0.4, 0.5) is 5.69 Å². The van der Waals surface area contributed by atoms with Crippen LogP contribution in [0.15, 0.2) is 67.3 Å². The quantitative estimate of drug-likeness (QED) is 0.415. The maximum Gasteiger partial charge on any atom is 0.236 e. The number of carbonyl (C=O) groups excluding carboxylic acids is 3. The molecule has 162 valence electrons. The highest BCUT2D eigenvalue weighted by Gasteiger charge is 2.64. The van der Waals surface area contributed by atoms with Gasteiger partial charge >= 0.3 is 0 Å². The Hall–Kier alpha value is -3.67. The average Bonchev–Trinajstić information content (AvgIpc) is 3.27. The number of hydrogen-bond acceptors (Lipinski definition) is 5. The number of ether oxygens (including phenoxy) is 1. The molecule has 0 aromatic heterocycles. The molecule has 3 heterocycles. The molecule has 6 nitrogen and oxygen atoms in total. The van der Waals surface area contributed by atoms with Crippen LogP contribution in [-0.2, 0) is 9.59 Å². The first-order chi connectivity index (χ1) is 15.5. The SMILES string of the molecule is C=CCN1C(=O)[C@@H]2C3C=C(C)c4ccccc4N3C(C(=O)c3ccc(OC)cc3)[C@@H]2C1=O. The molecule has 0 spiro atoms. The third-order valence-corrected chi connectivity index (χ3v) is 6.80. The van der Waals surface area contributed by atoms with Crippen molar-refractivity contribution in [2.75, 3.05) is 18.6 Å². The summed E-state index contributed by atoms with van der Waals surface area (Å²) in [6.07, 6.45) is 3.58. The Kier molecular flexibility index (Phi) is 4.73. The van der Waals surface area contributed by atoms with Gasteiger partial charge in [-0.2, -0.15) is 0 Å². The number of carbonyl (C=O) groups is 3. The maximum absolute atomic E-state index is 13.8. The van der Waals surface area contributed by atoms with Crippen LogP contribution in [0, 0.1) is 11.8 Å². The summed E-state index contributed by atoms with van der Waals surface area (Å²) in [5, 5.41) is 0. The van der Waals surface area contributed by atoms with Gasteiger partial charge in [0.15, 0.2) is 5.78 Å². The standard InChI is InChI=1S/C26H24N2O4/c1-4-13-27-25(30)21-20-14-15(2)18-7-5-6-8-19(18)28(20)23(22(21)26(27)31)24(29)16-9-11-17(32-3)12-10-16/h4-12,14,20-23H,1,13H2,2-3H3/t20?,21-,22-,23?/m1/s1. The molecule has 0 bridgehead atoms. The third kappa shape index (κ3) is 2.75. The fourth-order valence-corrected chi connectivity index (χ4v) is 5.39. The predicted molar refractivity (Wildman–Crippen MR) is 121 cm³/mol. The molecule has 4 atom stereocenters. The monoisotopic (exact) mass is 428 g/mol. The van der Waals surface area contributed by atoms with Crippen LogP contribution >= 0.6 is 0 Å². The smallest absolute Gasteiger partial charge is 0.236 e. The molecule has 5 rings (SSSR count). The second-order valence-corrected chi connectivity index (χ2v) is 8.43. The van der Waals surface area contributed by atoms with Crippen molar-refractivity contribution in [3.63, 3.8) is 0 Å². The summed E-state index contributed by atoms with van der Waals surface area (Å²) in [4.78, 5) is 43.8. The molecule has 2 aromatic rings. The molecule has 3 aliphatic rings. The number of amides is 2. The zero-order chi connectivity index (χ0) is 22.6. The highest BCUT2D eigenvalue weighted by atomic mass is 16.5. The van der Waals surface area contributed by atoms with Gasteiger partial charge in [0.25, 0.3) is 0 Å². The third-order valence-electron chi connectivity index (χ3n) is 6.80. The number of anilines is 1. The second-order valence-electron chi connectivity index (χ2n) is 8.43. The number of imide groups is 1. The number of allylic oxidation sites excluding steroid dienone is 1. The summed E-state index contributed by atoms with van der Waals surface area (Å²) < 4.78 is 5.22. The van der Waals surface area contributed by atoms with Crippen LogP contribution in [-0.4, -0.2) is 48.2 Å². The van der Waals surface area contributed by atoms with Crippen LogP contribution in [0.25, 0.3) is 5.57 Å². The Morgan fingerprint density at radius 1 is 1.06 bits per heavy atom. The molecular weight excluding hydrogens is 404 g/mol. The van der Waals surface area contributed by atoms with E-state index in [2.05, 4.69) is 6.58 Å². The van der Waals surface area contributed by atoms with Gasteiger partial charge in [-0.05, 0) is 42.8 Å². The number of ketones is 1. The van der Waals surface area contributed by atoms with Gasteiger partial charge in [0.2, 0.25) is 11.8 Å². The number of rotatable bonds is 5. The normalized spacial score (nSPS) is 25.8. The first-order valence-corrected chi connectivity index (χ1v) is 10.7. The van der Waals surface area contributed by atoms with E-state index in [9.17, 15) is 14.4 Å². The lowest BCUT2D eigenvalue weighted by Crippen LogP contribution is -2.49. The highest BCUT2D eigenvalue weighted by Crippen LogP contribution is 2.50. The van der Waals surface area contributed by atoms with Crippen LogP contribution in [0.1, 0.15) is 22.8 Å². The van der Waals surface area contributed by atoms with E-state index in [-0.39, 0.29) is 30.2 Å². The van der Waals surface area contributed by atoms with Crippen molar-refractivity contribution in [3.05, 3.63) is 78.4 Å². The molecule has 2 saturated heterocycles. The van der Waals surface area contributed by atoms with Crippen LogP contribution < -0.4 is 9.64 Å². The number of likely N-dealkylation sites (tertiary alicyclic amines) is 1. The number of hydrogen-bond donors (Lipinski definition) is 0. The fraction of sp³-hybridized carbons (Fsp3) is 0.269. The summed E-state index contributed by atoms with van der Waals surface area (Å²) in [6, 6.07) is 13.6. The highest BCUT2D eigenvalue weighted by molar-refractivity contribution is 6.14. The molecule has 3 aliphatic heterocycles. The van der Waals surface area contributed by atoms with Crippen molar-refractivity contribution in [2.24, 2.45) is 11.8 Å². The summed E-state index contributed by atoms with van der Waals surface area (Å²) >= 11 is 0. The molecule has 2 fully saturated rings. The summed E-state index contributed by atoms with van der Waals surface area (Å²) in [5.74, 6) is -1.40. The van der Waals surface area contributed by atoms with Crippen molar-refractivity contribution in [2.45, 2.75) is 19.0 Å². The molecule has 2 aromatic carbocycles. The Balaban J connectivity index is 1.66. The molecule has 0 aliphatic carbocycles. The first kappa shape index (κ1) is 20.2. The van der Waals surface area contributed by atoms with E-state index in [1.807, 2.05) is 42.2 Å². The molecule has 0 radical (unpaired) electrons. The fourth-order valence-electron chi connectivity index (χ4n) is 5.39. The zero-order valence-corrected chi connectivity index (χ0v) is 18.0. The topological polar surface area (TPSA) is 66.9 Å². The van der Waals surface area contributed by atoms with Gasteiger partial charge in [-0.25, -0.2) is 0 Å². The number of fused-ring (bicyclic) bond motifs is 5. The number of para-hydroxylation sites is 1. The van der Waals surface area contributed by atoms with Crippen LogP contribution in [0.2, 0.25) is 0 Å².